The van der Waals surface area contributed by atoms with Crippen LogP contribution < -0.4 is 4.72 Å². The molecule has 4 nitrogen and oxygen atoms in total. The Balaban J connectivity index is 2.35. The van der Waals surface area contributed by atoms with E-state index in [1.54, 1.807) is 13.0 Å². The molecule has 7 heteroatoms. The van der Waals surface area contributed by atoms with Crippen molar-refractivity contribution in [1.82, 2.24) is 4.72 Å². The van der Waals surface area contributed by atoms with Gasteiger partial charge in [-0.1, -0.05) is 27.5 Å². The van der Waals surface area contributed by atoms with Gasteiger partial charge in [0, 0.05) is 4.47 Å². The summed E-state index contributed by atoms with van der Waals surface area (Å²) in [5, 5.41) is 9.33. The van der Waals surface area contributed by atoms with Crippen LogP contribution >= 0.6 is 27.5 Å². The number of benzene rings is 1. The lowest BCUT2D eigenvalue weighted by molar-refractivity contribution is 0.458. The van der Waals surface area contributed by atoms with Crippen LogP contribution in [-0.4, -0.2) is 14.0 Å². The number of nitrogens with one attached hydrogen (secondary N) is 1. The zero-order chi connectivity index (χ0) is 14.3. The second-order valence-electron chi connectivity index (χ2n) is 4.77. The van der Waals surface area contributed by atoms with Crippen molar-refractivity contribution < 1.29 is 8.42 Å². The molecule has 1 aromatic carbocycles. The molecule has 1 aromatic rings. The fourth-order valence-corrected chi connectivity index (χ4v) is 4.31. The van der Waals surface area contributed by atoms with E-state index in [-0.39, 0.29) is 15.8 Å². The molecule has 1 aliphatic rings. The van der Waals surface area contributed by atoms with Crippen molar-refractivity contribution in [2.45, 2.75) is 30.2 Å². The third-order valence-electron chi connectivity index (χ3n) is 3.16. The number of rotatable bonds is 4. The zero-order valence-electron chi connectivity index (χ0n) is 10.2. The van der Waals surface area contributed by atoms with E-state index in [4.69, 9.17) is 11.6 Å². The number of hydrogen-bond acceptors (Lipinski definition) is 3. The lowest BCUT2D eigenvalue weighted by atomic mass is 10.0. The summed E-state index contributed by atoms with van der Waals surface area (Å²) in [5.41, 5.74) is -1.07. The number of halogens is 2. The Bertz CT molecular complexity index is 652. The van der Waals surface area contributed by atoms with Gasteiger partial charge >= 0.3 is 0 Å². The smallest absolute Gasteiger partial charge is 0.207 e. The highest BCUT2D eigenvalue weighted by atomic mass is 79.9. The Hall–Kier alpha value is -0.610. The molecule has 1 aliphatic carbocycles. The van der Waals surface area contributed by atoms with Gasteiger partial charge in [-0.2, -0.15) is 9.98 Å². The summed E-state index contributed by atoms with van der Waals surface area (Å²) in [6.07, 6.45) is 1.72. The first-order chi connectivity index (χ1) is 8.78. The first kappa shape index (κ1) is 14.8. The molecule has 0 spiro atoms. The molecule has 102 valence electrons. The lowest BCUT2D eigenvalue weighted by Crippen LogP contribution is -2.46. The summed E-state index contributed by atoms with van der Waals surface area (Å²) in [5.74, 6) is 0.0708. The van der Waals surface area contributed by atoms with Gasteiger partial charge in [-0.05, 0) is 43.9 Å². The Labute approximate surface area is 125 Å². The summed E-state index contributed by atoms with van der Waals surface area (Å²) in [6.45, 7) is 1.61. The van der Waals surface area contributed by atoms with Gasteiger partial charge in [0.15, 0.2) is 0 Å². The van der Waals surface area contributed by atoms with E-state index < -0.39 is 15.6 Å². The maximum absolute atomic E-state index is 12.3. The molecule has 0 amide bonds. The van der Waals surface area contributed by atoms with Gasteiger partial charge in [-0.3, -0.25) is 0 Å². The highest BCUT2D eigenvalue weighted by Crippen LogP contribution is 2.40. The van der Waals surface area contributed by atoms with Crippen LogP contribution in [0.3, 0.4) is 0 Å². The average Bonchev–Trinajstić information content (AvgIpc) is 3.11. The van der Waals surface area contributed by atoms with E-state index in [0.29, 0.717) is 4.47 Å². The maximum atomic E-state index is 12.3. The van der Waals surface area contributed by atoms with Crippen LogP contribution in [0.2, 0.25) is 5.02 Å². The summed E-state index contributed by atoms with van der Waals surface area (Å²) in [6, 6.07) is 6.58. The summed E-state index contributed by atoms with van der Waals surface area (Å²) in [4.78, 5) is -0.0144. The van der Waals surface area contributed by atoms with Crippen LogP contribution in [0.1, 0.15) is 19.8 Å². The molecule has 0 saturated heterocycles. The lowest BCUT2D eigenvalue weighted by Gasteiger charge is -2.22. The summed E-state index contributed by atoms with van der Waals surface area (Å²) >= 11 is 9.17. The van der Waals surface area contributed by atoms with Crippen molar-refractivity contribution in [1.29, 1.82) is 5.26 Å². The number of nitriles is 1. The SMILES string of the molecule is C[C@@](C#N)(NS(=O)(=O)c1ccc(Br)cc1Cl)C1CC1. The monoisotopic (exact) mass is 362 g/mol. The minimum absolute atomic E-state index is 0.0144. The van der Waals surface area contributed by atoms with Crippen LogP contribution in [0.25, 0.3) is 0 Å². The third kappa shape index (κ3) is 3.11. The quantitative estimate of drug-likeness (QED) is 0.893. The van der Waals surface area contributed by atoms with Gasteiger partial charge < -0.3 is 0 Å². The van der Waals surface area contributed by atoms with Crippen LogP contribution in [0.4, 0.5) is 0 Å². The van der Waals surface area contributed by atoms with E-state index >= 15 is 0 Å². The predicted octanol–water partition coefficient (Wildman–Crippen LogP) is 3.07. The van der Waals surface area contributed by atoms with Gasteiger partial charge in [0.25, 0.3) is 0 Å². The van der Waals surface area contributed by atoms with Crippen LogP contribution in [-0.2, 0) is 10.0 Å². The minimum Gasteiger partial charge on any atom is -0.207 e. The molecular weight excluding hydrogens is 352 g/mol. The Kier molecular flexibility index (Phi) is 3.94. The maximum Gasteiger partial charge on any atom is 0.243 e. The van der Waals surface area contributed by atoms with Crippen molar-refractivity contribution in [2.24, 2.45) is 5.92 Å². The second kappa shape index (κ2) is 5.06. The number of sulfonamides is 1. The van der Waals surface area contributed by atoms with Gasteiger partial charge in [0.05, 0.1) is 11.1 Å². The van der Waals surface area contributed by atoms with Crippen molar-refractivity contribution in [3.05, 3.63) is 27.7 Å². The topological polar surface area (TPSA) is 70.0 Å². The van der Waals surface area contributed by atoms with Crippen molar-refractivity contribution in [2.75, 3.05) is 0 Å². The van der Waals surface area contributed by atoms with E-state index in [1.807, 2.05) is 0 Å². The van der Waals surface area contributed by atoms with Crippen molar-refractivity contribution >= 4 is 37.6 Å². The van der Waals surface area contributed by atoms with E-state index in [1.165, 1.54) is 12.1 Å². The Morgan fingerprint density at radius 1 is 1.53 bits per heavy atom. The van der Waals surface area contributed by atoms with Crippen LogP contribution in [0.5, 0.6) is 0 Å². The van der Waals surface area contributed by atoms with Gasteiger partial charge in [-0.25, -0.2) is 8.42 Å². The highest BCUT2D eigenvalue weighted by molar-refractivity contribution is 9.10. The molecule has 19 heavy (non-hydrogen) atoms. The molecule has 0 unspecified atom stereocenters. The van der Waals surface area contributed by atoms with Crippen LogP contribution in [0.15, 0.2) is 27.6 Å². The highest BCUT2D eigenvalue weighted by Gasteiger charge is 2.45. The fraction of sp³-hybridized carbons (Fsp3) is 0.417. The zero-order valence-corrected chi connectivity index (χ0v) is 13.3. The number of nitrogens with zero attached hydrogens (tertiary/aromatic N) is 1. The first-order valence-electron chi connectivity index (χ1n) is 5.69. The molecular formula is C12H12BrClN2O2S. The first-order valence-corrected chi connectivity index (χ1v) is 8.34. The molecule has 0 radical (unpaired) electrons. The van der Waals surface area contributed by atoms with Crippen molar-refractivity contribution in [3.8, 4) is 6.07 Å². The Morgan fingerprint density at radius 3 is 2.63 bits per heavy atom. The molecule has 0 aromatic heterocycles. The Morgan fingerprint density at radius 2 is 2.16 bits per heavy atom. The van der Waals surface area contributed by atoms with Gasteiger partial charge in [-0.15, -0.1) is 0 Å². The summed E-state index contributed by atoms with van der Waals surface area (Å²) in [7, 11) is -3.81. The minimum atomic E-state index is -3.81. The predicted molar refractivity (Wildman–Crippen MR) is 76.2 cm³/mol. The fourth-order valence-electron chi connectivity index (χ4n) is 1.89. The van der Waals surface area contributed by atoms with Gasteiger partial charge in [0.1, 0.15) is 10.4 Å². The third-order valence-corrected chi connectivity index (χ3v) is 5.70. The van der Waals surface area contributed by atoms with Crippen molar-refractivity contribution in [3.63, 3.8) is 0 Å². The summed E-state index contributed by atoms with van der Waals surface area (Å²) < 4.78 is 27.8. The molecule has 0 aliphatic heterocycles. The molecule has 2 rings (SSSR count). The molecule has 0 heterocycles. The molecule has 1 saturated carbocycles. The van der Waals surface area contributed by atoms with E-state index in [0.717, 1.165) is 12.8 Å². The van der Waals surface area contributed by atoms with Crippen LogP contribution in [0, 0.1) is 17.2 Å². The molecule has 1 fully saturated rings. The largest absolute Gasteiger partial charge is 0.243 e. The average molecular weight is 364 g/mol. The number of hydrogen-bond donors (Lipinski definition) is 1. The van der Waals surface area contributed by atoms with Gasteiger partial charge in [0.2, 0.25) is 10.0 Å². The second-order valence-corrected chi connectivity index (χ2v) is 7.74. The molecule has 0 bridgehead atoms. The molecule has 1 atom stereocenters. The van der Waals surface area contributed by atoms with E-state index in [9.17, 15) is 13.7 Å². The standard InChI is InChI=1S/C12H12BrClN2O2S/c1-12(7-15,8-2-3-8)16-19(17,18)11-5-4-9(13)6-10(11)14/h4-6,8,16H,2-3H2,1H3/t12-/m0/s1. The normalized spacial score (nSPS) is 18.6. The molecule has 1 N–H and O–H groups in total. The van der Waals surface area contributed by atoms with E-state index in [2.05, 4.69) is 26.7 Å².